The fourth-order valence-electron chi connectivity index (χ4n) is 8.45. The van der Waals surface area contributed by atoms with Crippen molar-refractivity contribution in [1.82, 2.24) is 24.0 Å². The van der Waals surface area contributed by atoms with E-state index in [2.05, 4.69) is 149 Å². The predicted octanol–water partition coefficient (Wildman–Crippen LogP) is 9.93. The van der Waals surface area contributed by atoms with E-state index in [1.165, 1.54) is 54.7 Å². The van der Waals surface area contributed by atoms with Crippen molar-refractivity contribution >= 4 is 43.6 Å². The molecule has 0 aliphatic heterocycles. The predicted molar refractivity (Wildman–Crippen MR) is 221 cm³/mol. The summed E-state index contributed by atoms with van der Waals surface area (Å²) in [6.07, 6.45) is 5.20. The van der Waals surface area contributed by atoms with Gasteiger partial charge < -0.3 is 14.9 Å². The van der Waals surface area contributed by atoms with Crippen molar-refractivity contribution < 1.29 is 0 Å². The van der Waals surface area contributed by atoms with Gasteiger partial charge in [-0.05, 0) is 87.9 Å². The fraction of sp³-hybridized carbons (Fsp3) is 0.277. The number of hydrogen-bond acceptors (Lipinski definition) is 4. The molecule has 0 fully saturated rings. The maximum absolute atomic E-state index is 6.08. The maximum atomic E-state index is 6.08. The number of pyridine rings is 2. The third-order valence-corrected chi connectivity index (χ3v) is 10.8. The van der Waals surface area contributed by atoms with Crippen LogP contribution in [0.2, 0.25) is 0 Å². The van der Waals surface area contributed by atoms with Crippen LogP contribution in [0.15, 0.2) is 121 Å². The number of para-hydroxylation sites is 2. The molecule has 4 aromatic heterocycles. The second-order valence-corrected chi connectivity index (χ2v) is 14.6. The van der Waals surface area contributed by atoms with E-state index in [-0.39, 0.29) is 0 Å². The molecule has 0 aliphatic rings. The van der Waals surface area contributed by atoms with Gasteiger partial charge in [0.2, 0.25) is 0 Å². The molecular weight excluding hydrogens is 649 g/mol. The highest BCUT2D eigenvalue weighted by Crippen LogP contribution is 2.34. The van der Waals surface area contributed by atoms with E-state index in [1.807, 2.05) is 0 Å². The summed E-state index contributed by atoms with van der Waals surface area (Å²) in [5.74, 6) is 0. The van der Waals surface area contributed by atoms with Gasteiger partial charge in [0.25, 0.3) is 0 Å². The van der Waals surface area contributed by atoms with Crippen LogP contribution in [-0.2, 0) is 39.0 Å². The normalized spacial score (nSPS) is 11.9. The van der Waals surface area contributed by atoms with Crippen molar-refractivity contribution in [3.63, 3.8) is 0 Å². The van der Waals surface area contributed by atoms with Crippen molar-refractivity contribution in [3.05, 3.63) is 155 Å². The molecule has 0 saturated carbocycles. The first-order chi connectivity index (χ1) is 26.1. The zero-order valence-corrected chi connectivity index (χ0v) is 31.1. The molecule has 0 atom stereocenters. The largest absolute Gasteiger partial charge is 0.339 e. The lowest BCUT2D eigenvalue weighted by atomic mass is 10.1. The standard InChI is InChI=1S/C47H50N6/c1-34-46-42(40-22-9-11-24-44(40)52(46)28-13-20-36-16-5-3-6-17-36)30-38(49-34)32-51(27-15-26-48)33-39-31-43-41-23-10-12-25-45(41)53(47(43)35(2)50-39)29-14-21-37-18-7-4-8-19-37/h3-12,16-19,22-25,30-31H,13-15,20-21,26-29,32-33,48H2,1-2H3. The third kappa shape index (κ3) is 7.35. The van der Waals surface area contributed by atoms with Crippen LogP contribution in [0.1, 0.15) is 53.2 Å². The molecule has 2 N–H and O–H groups in total. The van der Waals surface area contributed by atoms with Crippen LogP contribution in [0.25, 0.3) is 43.6 Å². The average Bonchev–Trinajstić information content (AvgIpc) is 3.67. The Labute approximate surface area is 312 Å². The highest BCUT2D eigenvalue weighted by molar-refractivity contribution is 6.09. The molecule has 0 saturated heterocycles. The van der Waals surface area contributed by atoms with Gasteiger partial charge in [-0.2, -0.15) is 0 Å². The molecule has 0 unspecified atom stereocenters. The average molecular weight is 699 g/mol. The maximum Gasteiger partial charge on any atom is 0.0707 e. The molecule has 0 radical (unpaired) electrons. The van der Waals surface area contributed by atoms with E-state index < -0.39 is 0 Å². The second-order valence-electron chi connectivity index (χ2n) is 14.6. The van der Waals surface area contributed by atoms with Crippen molar-refractivity contribution in [2.75, 3.05) is 13.1 Å². The van der Waals surface area contributed by atoms with Crippen LogP contribution in [0, 0.1) is 13.8 Å². The zero-order valence-electron chi connectivity index (χ0n) is 31.1. The van der Waals surface area contributed by atoms with Crippen molar-refractivity contribution in [2.45, 2.75) is 72.1 Å². The van der Waals surface area contributed by atoms with Gasteiger partial charge >= 0.3 is 0 Å². The van der Waals surface area contributed by atoms with E-state index in [0.29, 0.717) is 6.54 Å². The summed E-state index contributed by atoms with van der Waals surface area (Å²) in [6.45, 7) is 9.29. The summed E-state index contributed by atoms with van der Waals surface area (Å²) in [6, 6.07) is 43.9. The molecule has 0 spiro atoms. The molecule has 6 nitrogen and oxygen atoms in total. The molecule has 4 heterocycles. The number of nitrogens with two attached hydrogens (primary N) is 1. The first-order valence-electron chi connectivity index (χ1n) is 19.3. The summed E-state index contributed by atoms with van der Waals surface area (Å²) in [5.41, 5.74) is 18.3. The monoisotopic (exact) mass is 698 g/mol. The lowest BCUT2D eigenvalue weighted by molar-refractivity contribution is 0.249. The molecule has 4 aromatic carbocycles. The number of rotatable bonds is 15. The van der Waals surface area contributed by atoms with E-state index in [4.69, 9.17) is 15.7 Å². The Balaban J connectivity index is 1.07. The minimum atomic E-state index is 0.653. The number of fused-ring (bicyclic) bond motifs is 6. The Hall–Kier alpha value is -5.30. The summed E-state index contributed by atoms with van der Waals surface area (Å²) in [5, 5.41) is 5.17. The number of aromatic nitrogens is 4. The number of nitrogens with zero attached hydrogens (tertiary/aromatic N) is 5. The second kappa shape index (κ2) is 15.7. The minimum absolute atomic E-state index is 0.653. The first kappa shape index (κ1) is 34.8. The Morgan fingerprint density at radius 3 is 1.42 bits per heavy atom. The molecule has 268 valence electrons. The highest BCUT2D eigenvalue weighted by atomic mass is 15.1. The van der Waals surface area contributed by atoms with Gasteiger partial charge in [0.1, 0.15) is 0 Å². The zero-order chi connectivity index (χ0) is 36.1. The molecule has 8 rings (SSSR count). The fourth-order valence-corrected chi connectivity index (χ4v) is 8.45. The number of hydrogen-bond donors (Lipinski definition) is 1. The summed E-state index contributed by atoms with van der Waals surface area (Å²) in [4.78, 5) is 13.0. The number of aryl methyl sites for hydroxylation is 6. The topological polar surface area (TPSA) is 64.9 Å². The smallest absolute Gasteiger partial charge is 0.0707 e. The van der Waals surface area contributed by atoms with E-state index in [9.17, 15) is 0 Å². The quantitative estimate of drug-likeness (QED) is 0.116. The van der Waals surface area contributed by atoms with E-state index >= 15 is 0 Å². The van der Waals surface area contributed by atoms with Crippen LogP contribution in [0.3, 0.4) is 0 Å². The van der Waals surface area contributed by atoms with Gasteiger partial charge in [-0.15, -0.1) is 0 Å². The minimum Gasteiger partial charge on any atom is -0.339 e. The molecule has 0 amide bonds. The summed E-state index contributed by atoms with van der Waals surface area (Å²) < 4.78 is 4.98. The number of benzene rings is 4. The van der Waals surface area contributed by atoms with Gasteiger partial charge in [0.05, 0.1) is 33.8 Å². The van der Waals surface area contributed by atoms with Crippen LogP contribution < -0.4 is 5.73 Å². The van der Waals surface area contributed by atoms with Crippen LogP contribution in [0.5, 0.6) is 0 Å². The SMILES string of the molecule is Cc1nc(CN(CCCN)Cc2cc3c4ccccc4n(CCCc4ccccc4)c3c(C)n2)cc2c3ccccc3n(CCCc3ccccc3)c12. The van der Waals surface area contributed by atoms with Gasteiger partial charge in [-0.25, -0.2) is 0 Å². The van der Waals surface area contributed by atoms with Gasteiger partial charge in [0, 0.05) is 65.3 Å². The lowest BCUT2D eigenvalue weighted by Gasteiger charge is -2.22. The van der Waals surface area contributed by atoms with Crippen molar-refractivity contribution in [1.29, 1.82) is 0 Å². The Bertz CT molecular complexity index is 2310. The first-order valence-corrected chi connectivity index (χ1v) is 19.3. The van der Waals surface area contributed by atoms with E-state index in [1.54, 1.807) is 0 Å². The highest BCUT2D eigenvalue weighted by Gasteiger charge is 2.19. The third-order valence-electron chi connectivity index (χ3n) is 10.8. The van der Waals surface area contributed by atoms with E-state index in [0.717, 1.165) is 87.6 Å². The molecule has 6 heteroatoms. The van der Waals surface area contributed by atoms with Gasteiger partial charge in [-0.3, -0.25) is 14.9 Å². The molecular formula is C47H50N6. The van der Waals surface area contributed by atoms with Crippen molar-refractivity contribution in [2.24, 2.45) is 5.73 Å². The van der Waals surface area contributed by atoms with Crippen LogP contribution in [0.4, 0.5) is 0 Å². The Kier molecular flexibility index (Phi) is 10.3. The molecule has 0 bridgehead atoms. The van der Waals surface area contributed by atoms with Crippen molar-refractivity contribution in [3.8, 4) is 0 Å². The summed E-state index contributed by atoms with van der Waals surface area (Å²) in [7, 11) is 0. The molecule has 0 aliphatic carbocycles. The Morgan fingerprint density at radius 2 is 0.962 bits per heavy atom. The Morgan fingerprint density at radius 1 is 0.528 bits per heavy atom. The van der Waals surface area contributed by atoms with Gasteiger partial charge in [0.15, 0.2) is 0 Å². The lowest BCUT2D eigenvalue weighted by Crippen LogP contribution is -2.26. The van der Waals surface area contributed by atoms with Gasteiger partial charge in [-0.1, -0.05) is 97.1 Å². The molecule has 8 aromatic rings. The molecule has 53 heavy (non-hydrogen) atoms. The van der Waals surface area contributed by atoms with Crippen LogP contribution >= 0.6 is 0 Å². The summed E-state index contributed by atoms with van der Waals surface area (Å²) >= 11 is 0. The van der Waals surface area contributed by atoms with Crippen LogP contribution in [-0.4, -0.2) is 37.1 Å².